The van der Waals surface area contributed by atoms with Crippen LogP contribution in [0.15, 0.2) is 83.0 Å². The van der Waals surface area contributed by atoms with Crippen LogP contribution in [0, 0.1) is 0 Å². The SMILES string of the molecule is CN(C)c1ccc(N=Nc2ccc(OCCCCCCCCCCC(=O)Oc3ccc(N(CCN)CCN)cc3)cc2)cc1. The van der Waals surface area contributed by atoms with Gasteiger partial charge in [-0.1, -0.05) is 38.5 Å². The van der Waals surface area contributed by atoms with Crippen molar-refractivity contribution in [2.45, 2.75) is 57.8 Å². The van der Waals surface area contributed by atoms with E-state index < -0.39 is 0 Å². The van der Waals surface area contributed by atoms with Crippen molar-refractivity contribution in [3.8, 4) is 11.5 Å². The van der Waals surface area contributed by atoms with Gasteiger partial charge in [0.2, 0.25) is 0 Å². The van der Waals surface area contributed by atoms with E-state index in [2.05, 4.69) is 20.0 Å². The number of ether oxygens (including phenoxy) is 2. The Morgan fingerprint density at radius 2 is 1.11 bits per heavy atom. The van der Waals surface area contributed by atoms with Crippen molar-refractivity contribution in [1.82, 2.24) is 0 Å². The summed E-state index contributed by atoms with van der Waals surface area (Å²) in [7, 11) is 4.03. The normalized spacial score (nSPS) is 11.1. The number of carbonyl (C=O) groups is 1. The number of nitrogens with zero attached hydrogens (tertiary/aromatic N) is 4. The number of carbonyl (C=O) groups excluding carboxylic acids is 1. The number of hydrogen-bond donors (Lipinski definition) is 2. The topological polar surface area (TPSA) is 119 Å². The van der Waals surface area contributed by atoms with Crippen molar-refractivity contribution in [3.05, 3.63) is 72.8 Å². The second-order valence-corrected chi connectivity index (χ2v) is 11.1. The third-order valence-corrected chi connectivity index (χ3v) is 7.26. The molecule has 0 fully saturated rings. The number of benzene rings is 3. The van der Waals surface area contributed by atoms with Gasteiger partial charge in [0.1, 0.15) is 11.5 Å². The van der Waals surface area contributed by atoms with Gasteiger partial charge in [0, 0.05) is 58.1 Å². The first-order valence-corrected chi connectivity index (χ1v) is 15.9. The number of nitrogens with two attached hydrogens (primary N) is 2. The second kappa shape index (κ2) is 20.1. The van der Waals surface area contributed by atoms with Gasteiger partial charge in [-0.05, 0) is 85.6 Å². The summed E-state index contributed by atoms with van der Waals surface area (Å²) in [5, 5.41) is 8.63. The molecule has 0 heterocycles. The summed E-state index contributed by atoms with van der Waals surface area (Å²) in [5.41, 5.74) is 15.2. The highest BCUT2D eigenvalue weighted by Crippen LogP contribution is 2.24. The monoisotopic (exact) mass is 602 g/mol. The summed E-state index contributed by atoms with van der Waals surface area (Å²) in [6, 6.07) is 23.2. The lowest BCUT2D eigenvalue weighted by Gasteiger charge is -2.23. The summed E-state index contributed by atoms with van der Waals surface area (Å²) >= 11 is 0. The largest absolute Gasteiger partial charge is 0.494 e. The first-order chi connectivity index (χ1) is 21.5. The third kappa shape index (κ3) is 13.1. The lowest BCUT2D eigenvalue weighted by molar-refractivity contribution is -0.134. The fourth-order valence-electron chi connectivity index (χ4n) is 4.75. The van der Waals surface area contributed by atoms with Crippen LogP contribution >= 0.6 is 0 Å². The molecule has 3 aromatic rings. The molecule has 238 valence electrons. The maximum Gasteiger partial charge on any atom is 0.311 e. The molecule has 0 amide bonds. The molecule has 3 aromatic carbocycles. The minimum absolute atomic E-state index is 0.177. The second-order valence-electron chi connectivity index (χ2n) is 11.1. The van der Waals surface area contributed by atoms with E-state index in [1.165, 1.54) is 19.3 Å². The Bertz CT molecular complexity index is 1220. The highest BCUT2D eigenvalue weighted by atomic mass is 16.5. The smallest absolute Gasteiger partial charge is 0.311 e. The number of azo groups is 1. The third-order valence-electron chi connectivity index (χ3n) is 7.26. The van der Waals surface area contributed by atoms with Crippen molar-refractivity contribution in [2.24, 2.45) is 21.7 Å². The molecule has 0 spiro atoms. The fourth-order valence-corrected chi connectivity index (χ4v) is 4.75. The van der Waals surface area contributed by atoms with Crippen molar-refractivity contribution < 1.29 is 14.3 Å². The molecule has 0 aromatic heterocycles. The van der Waals surface area contributed by atoms with E-state index in [0.29, 0.717) is 31.9 Å². The average Bonchev–Trinajstić information content (AvgIpc) is 3.03. The maximum absolute atomic E-state index is 12.2. The van der Waals surface area contributed by atoms with E-state index >= 15 is 0 Å². The summed E-state index contributed by atoms with van der Waals surface area (Å²) in [5.74, 6) is 1.25. The molecule has 0 saturated carbocycles. The van der Waals surface area contributed by atoms with Gasteiger partial charge in [-0.2, -0.15) is 10.2 Å². The Labute approximate surface area is 263 Å². The van der Waals surface area contributed by atoms with Crippen LogP contribution in [0.1, 0.15) is 57.8 Å². The molecule has 44 heavy (non-hydrogen) atoms. The molecule has 3 rings (SSSR count). The average molecular weight is 603 g/mol. The van der Waals surface area contributed by atoms with Crippen LogP contribution in [0.4, 0.5) is 22.7 Å². The first kappa shape index (κ1) is 34.5. The van der Waals surface area contributed by atoms with Gasteiger partial charge in [0.25, 0.3) is 0 Å². The zero-order valence-corrected chi connectivity index (χ0v) is 26.5. The van der Waals surface area contributed by atoms with Crippen LogP contribution in [-0.2, 0) is 4.79 Å². The lowest BCUT2D eigenvalue weighted by Crippen LogP contribution is -2.33. The van der Waals surface area contributed by atoms with Gasteiger partial charge >= 0.3 is 5.97 Å². The van der Waals surface area contributed by atoms with Crippen LogP contribution in [0.25, 0.3) is 0 Å². The Kier molecular flexibility index (Phi) is 15.8. The Balaban J connectivity index is 1.18. The zero-order chi connectivity index (χ0) is 31.4. The van der Waals surface area contributed by atoms with Crippen LogP contribution in [0.2, 0.25) is 0 Å². The van der Waals surface area contributed by atoms with Crippen LogP contribution < -0.4 is 30.7 Å². The van der Waals surface area contributed by atoms with Gasteiger partial charge in [-0.25, -0.2) is 0 Å². The molecule has 0 radical (unpaired) electrons. The Morgan fingerprint density at radius 3 is 1.66 bits per heavy atom. The molecule has 0 saturated heterocycles. The van der Waals surface area contributed by atoms with E-state index in [0.717, 1.165) is 73.7 Å². The summed E-state index contributed by atoms with van der Waals surface area (Å²) < 4.78 is 11.4. The molecule has 0 aliphatic heterocycles. The number of esters is 1. The summed E-state index contributed by atoms with van der Waals surface area (Å²) in [6.45, 7) is 3.31. The number of anilines is 2. The van der Waals surface area contributed by atoms with E-state index in [1.54, 1.807) is 0 Å². The maximum atomic E-state index is 12.2. The molecule has 0 aliphatic carbocycles. The van der Waals surface area contributed by atoms with E-state index in [9.17, 15) is 4.79 Å². The molecule has 0 unspecified atom stereocenters. The minimum Gasteiger partial charge on any atom is -0.494 e. The quantitative estimate of drug-likeness (QED) is 0.0565. The predicted molar refractivity (Wildman–Crippen MR) is 181 cm³/mol. The highest BCUT2D eigenvalue weighted by Gasteiger charge is 2.08. The standard InChI is InChI=1S/C35H50N6O3/c1-40(2)31-16-12-29(13-17-31)38-39-30-14-20-33(21-15-30)43-28-10-8-6-4-3-5-7-9-11-35(42)44-34-22-18-32(19-23-34)41(26-24-36)27-25-37/h12-23H,3-11,24-28,36-37H2,1-2H3. The highest BCUT2D eigenvalue weighted by molar-refractivity contribution is 5.72. The number of rotatable bonds is 21. The van der Waals surface area contributed by atoms with Crippen LogP contribution in [0.3, 0.4) is 0 Å². The first-order valence-electron chi connectivity index (χ1n) is 15.9. The molecule has 9 nitrogen and oxygen atoms in total. The van der Waals surface area contributed by atoms with E-state index in [4.69, 9.17) is 20.9 Å². The van der Waals surface area contributed by atoms with Gasteiger partial charge < -0.3 is 30.7 Å². The molecule has 4 N–H and O–H groups in total. The van der Waals surface area contributed by atoms with Gasteiger partial charge in [0.05, 0.1) is 18.0 Å². The molecule has 9 heteroatoms. The van der Waals surface area contributed by atoms with Crippen LogP contribution in [0.5, 0.6) is 11.5 Å². The molecule has 0 aliphatic rings. The lowest BCUT2D eigenvalue weighted by atomic mass is 10.1. The summed E-state index contributed by atoms with van der Waals surface area (Å²) in [6.07, 6.45) is 9.27. The van der Waals surface area contributed by atoms with Crippen LogP contribution in [-0.4, -0.2) is 52.9 Å². The predicted octanol–water partition coefficient (Wildman–Crippen LogP) is 7.39. The number of hydrogen-bond acceptors (Lipinski definition) is 9. The van der Waals surface area contributed by atoms with Gasteiger partial charge in [-0.3, -0.25) is 4.79 Å². The Hall–Kier alpha value is -3.95. The molecule has 0 bridgehead atoms. The van der Waals surface area contributed by atoms with Crippen molar-refractivity contribution in [2.75, 3.05) is 56.7 Å². The molecule has 0 atom stereocenters. The van der Waals surface area contributed by atoms with Crippen molar-refractivity contribution in [3.63, 3.8) is 0 Å². The van der Waals surface area contributed by atoms with Gasteiger partial charge in [-0.15, -0.1) is 0 Å². The minimum atomic E-state index is -0.177. The molecular weight excluding hydrogens is 552 g/mol. The van der Waals surface area contributed by atoms with E-state index in [-0.39, 0.29) is 5.97 Å². The molecular formula is C35H50N6O3. The number of unbranched alkanes of at least 4 members (excludes halogenated alkanes) is 7. The fraction of sp³-hybridized carbons (Fsp3) is 0.457. The Morgan fingerprint density at radius 1 is 0.636 bits per heavy atom. The van der Waals surface area contributed by atoms with Gasteiger partial charge in [0.15, 0.2) is 0 Å². The van der Waals surface area contributed by atoms with Crippen molar-refractivity contribution >= 4 is 28.7 Å². The van der Waals surface area contributed by atoms with E-state index in [1.807, 2.05) is 86.9 Å². The summed E-state index contributed by atoms with van der Waals surface area (Å²) in [4.78, 5) is 16.4. The zero-order valence-electron chi connectivity index (χ0n) is 26.5. The van der Waals surface area contributed by atoms with Crippen molar-refractivity contribution in [1.29, 1.82) is 0 Å².